The molecule has 0 unspecified atom stereocenters. The molecule has 3 heterocycles. The summed E-state index contributed by atoms with van der Waals surface area (Å²) in [5, 5.41) is 9.26. The van der Waals surface area contributed by atoms with Crippen LogP contribution < -0.4 is 0 Å². The van der Waals surface area contributed by atoms with Gasteiger partial charge in [-0.2, -0.15) is 0 Å². The maximum atomic E-state index is 6.55. The van der Waals surface area contributed by atoms with Crippen molar-refractivity contribution >= 4 is 82.4 Å². The number of hydrogen-bond donors (Lipinski definition) is 0. The first-order chi connectivity index (χ1) is 26.2. The van der Waals surface area contributed by atoms with E-state index in [1.807, 2.05) is 12.1 Å². The van der Waals surface area contributed by atoms with E-state index in [9.17, 15) is 0 Å². The van der Waals surface area contributed by atoms with Gasteiger partial charge in [0, 0.05) is 32.7 Å². The number of allylic oxidation sites excluding steroid dienone is 3. The van der Waals surface area contributed by atoms with Crippen LogP contribution in [0.5, 0.6) is 0 Å². The van der Waals surface area contributed by atoms with Crippen molar-refractivity contribution in [3.63, 3.8) is 0 Å². The number of para-hydroxylation sites is 1. The minimum absolute atomic E-state index is 0.724. The van der Waals surface area contributed by atoms with Gasteiger partial charge in [-0.15, -0.1) is 0 Å². The molecule has 0 saturated carbocycles. The molecule has 1 aliphatic heterocycles. The van der Waals surface area contributed by atoms with E-state index < -0.39 is 0 Å². The average Bonchev–Trinajstić information content (AvgIpc) is 3.70. The van der Waals surface area contributed by atoms with Gasteiger partial charge in [0.1, 0.15) is 22.3 Å². The Balaban J connectivity index is 1.13. The van der Waals surface area contributed by atoms with Crippen molar-refractivity contribution in [2.45, 2.75) is 6.42 Å². The third kappa shape index (κ3) is 4.86. The Morgan fingerprint density at radius 1 is 0.415 bits per heavy atom. The average molecular weight is 678 g/mol. The molecule has 0 spiro atoms. The van der Waals surface area contributed by atoms with E-state index in [1.165, 1.54) is 38.2 Å². The highest BCUT2D eigenvalue weighted by molar-refractivity contribution is 6.25. The lowest BCUT2D eigenvalue weighted by Gasteiger charge is -2.11. The van der Waals surface area contributed by atoms with Gasteiger partial charge in [-0.3, -0.25) is 0 Å². The molecule has 0 radical (unpaired) electrons. The third-order valence-corrected chi connectivity index (χ3v) is 10.7. The van der Waals surface area contributed by atoms with Crippen LogP contribution >= 0.6 is 0 Å². The van der Waals surface area contributed by atoms with Crippen molar-refractivity contribution in [1.82, 2.24) is 0 Å². The lowest BCUT2D eigenvalue weighted by atomic mass is 9.93. The number of benzene rings is 8. The number of hydrogen-bond acceptors (Lipinski definition) is 3. The van der Waals surface area contributed by atoms with Crippen LogP contribution in [-0.4, -0.2) is 5.71 Å². The summed E-state index contributed by atoms with van der Waals surface area (Å²) in [5.74, 6) is 0. The second kappa shape index (κ2) is 11.8. The van der Waals surface area contributed by atoms with Crippen LogP contribution in [0.1, 0.15) is 23.1 Å². The summed E-state index contributed by atoms with van der Waals surface area (Å²) in [6.07, 6.45) is 5.27. The predicted octanol–water partition coefficient (Wildman–Crippen LogP) is 13.8. The van der Waals surface area contributed by atoms with Crippen molar-refractivity contribution in [3.8, 4) is 11.1 Å². The van der Waals surface area contributed by atoms with Gasteiger partial charge in [-0.1, -0.05) is 133 Å². The molecule has 8 aromatic carbocycles. The molecule has 3 heteroatoms. The lowest BCUT2D eigenvalue weighted by Crippen LogP contribution is -2.00. The van der Waals surface area contributed by atoms with Gasteiger partial charge in [-0.25, -0.2) is 4.99 Å². The van der Waals surface area contributed by atoms with E-state index in [-0.39, 0.29) is 0 Å². The van der Waals surface area contributed by atoms with Crippen molar-refractivity contribution in [2.24, 2.45) is 4.99 Å². The highest BCUT2D eigenvalue weighted by Crippen LogP contribution is 2.39. The summed E-state index contributed by atoms with van der Waals surface area (Å²) < 4.78 is 12.9. The molecular formula is C50H31NO2. The Bertz CT molecular complexity index is 3190. The van der Waals surface area contributed by atoms with E-state index in [0.717, 1.165) is 78.4 Å². The van der Waals surface area contributed by atoms with Crippen molar-refractivity contribution in [3.05, 3.63) is 193 Å². The highest BCUT2D eigenvalue weighted by Gasteiger charge is 2.20. The van der Waals surface area contributed by atoms with Crippen LogP contribution in [0.2, 0.25) is 0 Å². The Morgan fingerprint density at radius 3 is 1.87 bits per heavy atom. The highest BCUT2D eigenvalue weighted by atomic mass is 16.3. The number of aliphatic imine (C=N–C) groups is 1. The fourth-order valence-electron chi connectivity index (χ4n) is 8.22. The van der Waals surface area contributed by atoms with Gasteiger partial charge in [0.05, 0.1) is 11.4 Å². The molecule has 1 aliphatic rings. The molecule has 0 N–H and O–H groups in total. The van der Waals surface area contributed by atoms with Crippen LogP contribution in [0.25, 0.3) is 87.8 Å². The number of furan rings is 2. The van der Waals surface area contributed by atoms with E-state index >= 15 is 0 Å². The molecule has 3 nitrogen and oxygen atoms in total. The molecule has 10 aromatic rings. The van der Waals surface area contributed by atoms with E-state index in [4.69, 9.17) is 13.8 Å². The summed E-state index contributed by atoms with van der Waals surface area (Å²) in [4.78, 5) is 5.51. The molecule has 11 rings (SSSR count). The van der Waals surface area contributed by atoms with Crippen LogP contribution in [-0.2, 0) is 0 Å². The molecular weight excluding hydrogens is 647 g/mol. The molecule has 0 aliphatic carbocycles. The van der Waals surface area contributed by atoms with Crippen molar-refractivity contribution in [1.29, 1.82) is 0 Å². The van der Waals surface area contributed by atoms with E-state index in [1.54, 1.807) is 0 Å². The Hall–Kier alpha value is -6.97. The second-order valence-electron chi connectivity index (χ2n) is 13.8. The van der Waals surface area contributed by atoms with Crippen LogP contribution in [0.15, 0.2) is 190 Å². The lowest BCUT2D eigenvalue weighted by molar-refractivity contribution is 0.668. The van der Waals surface area contributed by atoms with Crippen LogP contribution in [0, 0.1) is 0 Å². The van der Waals surface area contributed by atoms with Crippen LogP contribution in [0.3, 0.4) is 0 Å². The van der Waals surface area contributed by atoms with Gasteiger partial charge in [0.2, 0.25) is 0 Å². The molecule has 0 fully saturated rings. The molecule has 0 amide bonds. The van der Waals surface area contributed by atoms with E-state index in [0.29, 0.717) is 0 Å². The summed E-state index contributed by atoms with van der Waals surface area (Å²) in [6, 6.07) is 57.8. The summed E-state index contributed by atoms with van der Waals surface area (Å²) in [6.45, 7) is 0. The maximum Gasteiger partial charge on any atom is 0.136 e. The monoisotopic (exact) mass is 677 g/mol. The first kappa shape index (κ1) is 29.7. The first-order valence-electron chi connectivity index (χ1n) is 18.1. The van der Waals surface area contributed by atoms with Gasteiger partial charge >= 0.3 is 0 Å². The fourth-order valence-corrected chi connectivity index (χ4v) is 8.22. The number of nitrogens with zero attached hydrogens (tertiary/aromatic N) is 1. The Kier molecular flexibility index (Phi) is 6.62. The minimum Gasteiger partial charge on any atom is -0.456 e. The van der Waals surface area contributed by atoms with Gasteiger partial charge in [0.25, 0.3) is 0 Å². The molecule has 0 saturated heterocycles. The molecule has 0 atom stereocenters. The number of rotatable bonds is 4. The van der Waals surface area contributed by atoms with Gasteiger partial charge < -0.3 is 8.83 Å². The topological polar surface area (TPSA) is 38.6 Å². The quantitative estimate of drug-likeness (QED) is 0.186. The maximum absolute atomic E-state index is 6.55. The fraction of sp³-hybridized carbons (Fsp3) is 0.0200. The van der Waals surface area contributed by atoms with Crippen LogP contribution in [0.4, 0.5) is 0 Å². The third-order valence-electron chi connectivity index (χ3n) is 10.7. The normalized spacial score (nSPS) is 13.5. The van der Waals surface area contributed by atoms with E-state index in [2.05, 4.69) is 164 Å². The molecule has 2 aromatic heterocycles. The zero-order valence-corrected chi connectivity index (χ0v) is 28.7. The largest absolute Gasteiger partial charge is 0.456 e. The number of fused-ring (bicyclic) bond motifs is 8. The summed E-state index contributed by atoms with van der Waals surface area (Å²) in [5.41, 5.74) is 12.1. The van der Waals surface area contributed by atoms with Gasteiger partial charge in [0.15, 0.2) is 0 Å². The molecule has 248 valence electrons. The molecule has 53 heavy (non-hydrogen) atoms. The van der Waals surface area contributed by atoms with Crippen molar-refractivity contribution < 1.29 is 8.83 Å². The second-order valence-corrected chi connectivity index (χ2v) is 13.8. The standard InChI is InChI=1S/C50H31NO2/c1-3-14-36-31(10-1)12-7-17-38(36)33-24-27-47-43(28-33)50-42(19-9-21-48(50)52-47)45-29-34(39-18-8-13-32-11-2-4-15-37(32)39)23-26-44(51-45)35-22-25-41-40-16-5-6-20-46(40)53-49(41)30-35/h1-22,24-30H,23H2. The summed E-state index contributed by atoms with van der Waals surface area (Å²) in [7, 11) is 0. The van der Waals surface area contributed by atoms with Gasteiger partial charge in [-0.05, 0) is 92.7 Å². The summed E-state index contributed by atoms with van der Waals surface area (Å²) >= 11 is 0. The van der Waals surface area contributed by atoms with Crippen molar-refractivity contribution in [2.75, 3.05) is 0 Å². The Morgan fingerprint density at radius 2 is 1.02 bits per heavy atom. The Labute approximate surface area is 305 Å². The first-order valence-corrected chi connectivity index (χ1v) is 18.1. The smallest absolute Gasteiger partial charge is 0.136 e. The SMILES string of the molecule is C1=C(c2ccc3c(c2)oc2ccccc23)N=C(c2cccc3oc4ccc(-c5cccc6ccccc56)cc4c23)C=C(c2cccc3ccccc23)C1. The zero-order valence-electron chi connectivity index (χ0n) is 28.7. The predicted molar refractivity (Wildman–Crippen MR) is 221 cm³/mol. The zero-order chi connectivity index (χ0) is 34.9. The molecule has 0 bridgehead atoms. The minimum atomic E-state index is 0.724.